The summed E-state index contributed by atoms with van der Waals surface area (Å²) in [7, 11) is 1.59. The van der Waals surface area contributed by atoms with Crippen LogP contribution in [-0.2, 0) is 4.79 Å². The lowest BCUT2D eigenvalue weighted by Crippen LogP contribution is -2.18. The molecular formula is C7H14FNO. The molecule has 0 aromatic carbocycles. The van der Waals surface area contributed by atoms with Gasteiger partial charge in [-0.1, -0.05) is 0 Å². The molecule has 10 heavy (non-hydrogen) atoms. The van der Waals surface area contributed by atoms with Crippen molar-refractivity contribution in [3.8, 4) is 0 Å². The Hall–Kier alpha value is -0.440. The number of nitrogens with one attached hydrogen (secondary N) is 1. The topological polar surface area (TPSA) is 29.1 Å². The smallest absolute Gasteiger partial charge is 0.150 e. The second kappa shape index (κ2) is 6.68. The molecule has 0 radical (unpaired) electrons. The summed E-state index contributed by atoms with van der Waals surface area (Å²) in [5.41, 5.74) is 0. The lowest BCUT2D eigenvalue weighted by atomic mass is 10.2. The van der Waals surface area contributed by atoms with Crippen molar-refractivity contribution < 1.29 is 9.18 Å². The van der Waals surface area contributed by atoms with Crippen molar-refractivity contribution in [2.45, 2.75) is 32.0 Å². The van der Waals surface area contributed by atoms with Crippen molar-refractivity contribution in [3.05, 3.63) is 0 Å². The highest BCUT2D eigenvalue weighted by atomic mass is 19.1. The lowest BCUT2D eigenvalue weighted by Gasteiger charge is -2.03. The van der Waals surface area contributed by atoms with Crippen LogP contribution in [0.3, 0.4) is 0 Å². The molecule has 0 aromatic heterocycles. The fourth-order valence-electron chi connectivity index (χ4n) is 0.696. The lowest BCUT2D eigenvalue weighted by molar-refractivity contribution is -0.107. The molecule has 1 unspecified atom stereocenters. The maximum atomic E-state index is 12.4. The Balaban J connectivity index is 2.95. The minimum absolute atomic E-state index is 0.504. The predicted octanol–water partition coefficient (Wildman–Crippen LogP) is 1.26. The maximum Gasteiger partial charge on any atom is 0.150 e. The molecule has 0 heterocycles. The average Bonchev–Trinajstić information content (AvgIpc) is 1.98. The van der Waals surface area contributed by atoms with E-state index >= 15 is 0 Å². The van der Waals surface area contributed by atoms with Gasteiger partial charge in [-0.25, -0.2) is 4.39 Å². The summed E-state index contributed by atoms with van der Waals surface area (Å²) in [6, 6.07) is 0. The number of rotatable bonds is 6. The van der Waals surface area contributed by atoms with Gasteiger partial charge in [-0.3, -0.25) is 5.32 Å². The van der Waals surface area contributed by atoms with Gasteiger partial charge in [0.2, 0.25) is 0 Å². The third kappa shape index (κ3) is 5.69. The molecular weight excluding hydrogens is 133 g/mol. The summed E-state index contributed by atoms with van der Waals surface area (Å²) in [6.45, 7) is 0. The fraction of sp³-hybridized carbons (Fsp3) is 0.857. The van der Waals surface area contributed by atoms with Crippen LogP contribution in [0.4, 0.5) is 4.39 Å². The van der Waals surface area contributed by atoms with Crippen molar-refractivity contribution >= 4 is 6.29 Å². The largest absolute Gasteiger partial charge is 0.303 e. The molecule has 0 aliphatic carbocycles. The Labute approximate surface area is 60.8 Å². The number of alkyl halides is 1. The molecule has 3 heteroatoms. The number of halogens is 1. The van der Waals surface area contributed by atoms with E-state index in [4.69, 9.17) is 0 Å². The van der Waals surface area contributed by atoms with E-state index in [9.17, 15) is 9.18 Å². The van der Waals surface area contributed by atoms with E-state index in [1.807, 2.05) is 0 Å². The Morgan fingerprint density at radius 3 is 2.80 bits per heavy atom. The van der Waals surface area contributed by atoms with Gasteiger partial charge in [-0.2, -0.15) is 0 Å². The molecule has 0 aliphatic heterocycles. The molecule has 60 valence electrons. The molecule has 0 saturated carbocycles. The number of hydrogen-bond acceptors (Lipinski definition) is 2. The molecule has 1 atom stereocenters. The van der Waals surface area contributed by atoms with Crippen LogP contribution in [0.1, 0.15) is 25.7 Å². The maximum absolute atomic E-state index is 12.4. The van der Waals surface area contributed by atoms with Crippen LogP contribution in [0.15, 0.2) is 0 Å². The second-order valence-corrected chi connectivity index (χ2v) is 2.21. The third-order valence-corrected chi connectivity index (χ3v) is 1.34. The zero-order valence-corrected chi connectivity index (χ0v) is 6.27. The van der Waals surface area contributed by atoms with Crippen molar-refractivity contribution in [2.24, 2.45) is 0 Å². The molecule has 0 bridgehead atoms. The number of carbonyl (C=O) groups is 1. The van der Waals surface area contributed by atoms with Crippen LogP contribution in [0, 0.1) is 0 Å². The van der Waals surface area contributed by atoms with Crippen molar-refractivity contribution in [1.82, 2.24) is 5.32 Å². The zero-order valence-electron chi connectivity index (χ0n) is 6.27. The van der Waals surface area contributed by atoms with E-state index in [0.29, 0.717) is 12.8 Å². The first-order valence-corrected chi connectivity index (χ1v) is 3.56. The molecule has 0 amide bonds. The molecule has 2 nitrogen and oxygen atoms in total. The van der Waals surface area contributed by atoms with Crippen LogP contribution < -0.4 is 5.32 Å². The molecule has 0 rings (SSSR count). The van der Waals surface area contributed by atoms with Crippen molar-refractivity contribution in [1.29, 1.82) is 0 Å². The van der Waals surface area contributed by atoms with Gasteiger partial charge < -0.3 is 4.79 Å². The predicted molar refractivity (Wildman–Crippen MR) is 38.5 cm³/mol. The van der Waals surface area contributed by atoms with Crippen LogP contribution in [-0.4, -0.2) is 19.6 Å². The van der Waals surface area contributed by atoms with Gasteiger partial charge in [-0.05, 0) is 26.3 Å². The first-order chi connectivity index (χ1) is 4.81. The first-order valence-electron chi connectivity index (χ1n) is 3.56. The molecule has 0 saturated heterocycles. The quantitative estimate of drug-likeness (QED) is 0.348. The van der Waals surface area contributed by atoms with Crippen molar-refractivity contribution in [3.63, 3.8) is 0 Å². The van der Waals surface area contributed by atoms with Gasteiger partial charge in [0.05, 0.1) is 0 Å². The standard InChI is InChI=1S/C7H14FNO/c1-9-7(8)5-3-2-4-6-10/h6-7,9H,2-5H2,1H3. The van der Waals surface area contributed by atoms with Crippen LogP contribution in [0.5, 0.6) is 0 Å². The summed E-state index contributed by atoms with van der Waals surface area (Å²) in [5.74, 6) is 0. The Morgan fingerprint density at radius 1 is 1.60 bits per heavy atom. The minimum atomic E-state index is -0.911. The summed E-state index contributed by atoms with van der Waals surface area (Å²) in [4.78, 5) is 9.81. The Bertz CT molecular complexity index is 87.7. The fourth-order valence-corrected chi connectivity index (χ4v) is 0.696. The Kier molecular flexibility index (Phi) is 6.38. The van der Waals surface area contributed by atoms with E-state index in [0.717, 1.165) is 19.1 Å². The van der Waals surface area contributed by atoms with E-state index in [1.54, 1.807) is 7.05 Å². The summed E-state index contributed by atoms with van der Waals surface area (Å²) < 4.78 is 12.4. The normalized spacial score (nSPS) is 13.0. The number of carbonyl (C=O) groups excluding carboxylic acids is 1. The molecule has 0 aliphatic rings. The summed E-state index contributed by atoms with van der Waals surface area (Å²) in [6.07, 6.45) is 2.59. The average molecular weight is 147 g/mol. The highest BCUT2D eigenvalue weighted by Gasteiger charge is 1.99. The summed E-state index contributed by atoms with van der Waals surface area (Å²) in [5, 5.41) is 2.49. The molecule has 1 N–H and O–H groups in total. The van der Waals surface area contributed by atoms with E-state index in [-0.39, 0.29) is 0 Å². The second-order valence-electron chi connectivity index (χ2n) is 2.21. The van der Waals surface area contributed by atoms with Crippen molar-refractivity contribution in [2.75, 3.05) is 7.05 Å². The number of unbranched alkanes of at least 4 members (excludes halogenated alkanes) is 2. The van der Waals surface area contributed by atoms with Gasteiger partial charge in [0.1, 0.15) is 6.29 Å². The highest BCUT2D eigenvalue weighted by molar-refractivity contribution is 5.48. The molecule has 0 aromatic rings. The minimum Gasteiger partial charge on any atom is -0.303 e. The van der Waals surface area contributed by atoms with Gasteiger partial charge >= 0.3 is 0 Å². The van der Waals surface area contributed by atoms with E-state index < -0.39 is 6.30 Å². The molecule has 0 fully saturated rings. The van der Waals surface area contributed by atoms with Gasteiger partial charge in [0.15, 0.2) is 6.30 Å². The zero-order chi connectivity index (χ0) is 7.82. The van der Waals surface area contributed by atoms with E-state index in [2.05, 4.69) is 5.32 Å². The third-order valence-electron chi connectivity index (χ3n) is 1.34. The van der Waals surface area contributed by atoms with Crippen LogP contribution in [0.25, 0.3) is 0 Å². The van der Waals surface area contributed by atoms with Gasteiger partial charge in [0, 0.05) is 6.42 Å². The Morgan fingerprint density at radius 2 is 2.30 bits per heavy atom. The van der Waals surface area contributed by atoms with Crippen LogP contribution >= 0.6 is 0 Å². The van der Waals surface area contributed by atoms with Gasteiger partial charge in [0.25, 0.3) is 0 Å². The monoisotopic (exact) mass is 147 g/mol. The highest BCUT2D eigenvalue weighted by Crippen LogP contribution is 2.02. The molecule has 0 spiro atoms. The first kappa shape index (κ1) is 9.56. The van der Waals surface area contributed by atoms with Gasteiger partial charge in [-0.15, -0.1) is 0 Å². The number of hydrogen-bond donors (Lipinski definition) is 1. The summed E-state index contributed by atoms with van der Waals surface area (Å²) >= 11 is 0. The van der Waals surface area contributed by atoms with E-state index in [1.165, 1.54) is 0 Å². The van der Waals surface area contributed by atoms with Crippen LogP contribution in [0.2, 0.25) is 0 Å². The number of aldehydes is 1. The SMILES string of the molecule is CNC(F)CCCCC=O.